The van der Waals surface area contributed by atoms with E-state index in [0.29, 0.717) is 0 Å². The molecule has 2 N–H and O–H groups in total. The molecule has 0 aliphatic carbocycles. The van der Waals surface area contributed by atoms with E-state index in [9.17, 15) is 0 Å². The van der Waals surface area contributed by atoms with Crippen molar-refractivity contribution >= 4 is 0 Å². The molecule has 0 saturated carbocycles. The molecule has 0 spiro atoms. The van der Waals surface area contributed by atoms with E-state index in [1.54, 1.807) is 0 Å². The minimum atomic E-state index is 0.808. The molecule has 1 aromatic carbocycles. The first-order valence-electron chi connectivity index (χ1n) is 6.31. The van der Waals surface area contributed by atoms with Gasteiger partial charge < -0.3 is 10.3 Å². The summed E-state index contributed by atoms with van der Waals surface area (Å²) in [4.78, 5) is 7.99. The Morgan fingerprint density at radius 3 is 2.28 bits per heavy atom. The molecule has 0 bridgehead atoms. The van der Waals surface area contributed by atoms with E-state index in [4.69, 9.17) is 0 Å². The van der Waals surface area contributed by atoms with Crippen molar-refractivity contribution in [2.45, 2.75) is 34.2 Å². The summed E-state index contributed by atoms with van der Waals surface area (Å²) in [6.45, 7) is 9.25. The van der Waals surface area contributed by atoms with Crippen LogP contribution in [0.4, 0.5) is 0 Å². The zero-order valence-corrected chi connectivity index (χ0v) is 11.8. The molecule has 0 unspecified atom stereocenters. The summed E-state index contributed by atoms with van der Waals surface area (Å²) in [5.41, 5.74) is 7.38. The Kier molecular flexibility index (Phi) is 3.53. The zero-order chi connectivity index (χ0) is 13.3. The summed E-state index contributed by atoms with van der Waals surface area (Å²) < 4.78 is 0. The summed E-state index contributed by atoms with van der Waals surface area (Å²) in [5, 5.41) is 3.19. The number of nitrogens with zero attached hydrogens (tertiary/aromatic N) is 1. The molecule has 0 saturated heterocycles. The first-order valence-corrected chi connectivity index (χ1v) is 6.31. The number of aromatic amines is 1. The summed E-state index contributed by atoms with van der Waals surface area (Å²) in [7, 11) is 1.95. The number of benzene rings is 1. The number of hydrogen-bond donors (Lipinski definition) is 2. The highest BCUT2D eigenvalue weighted by atomic mass is 15.0. The third kappa shape index (κ3) is 2.31. The molecule has 3 heteroatoms. The first-order chi connectivity index (χ1) is 8.52. The second-order valence-corrected chi connectivity index (χ2v) is 4.95. The second-order valence-electron chi connectivity index (χ2n) is 4.95. The Bertz CT molecular complexity index is 544. The molecular formula is C15H21N3. The Morgan fingerprint density at radius 2 is 1.72 bits per heavy atom. The standard InChI is InChI=1S/C15H21N3/c1-9-6-10(2)14(11(3)7-9)15-13(8-16-5)17-12(4)18-15/h6-7,16H,8H2,1-5H3,(H,17,18). The van der Waals surface area contributed by atoms with Crippen molar-refractivity contribution in [2.75, 3.05) is 7.05 Å². The third-order valence-electron chi connectivity index (χ3n) is 3.16. The van der Waals surface area contributed by atoms with Crippen LogP contribution in [0.3, 0.4) is 0 Å². The predicted molar refractivity (Wildman–Crippen MR) is 75.7 cm³/mol. The maximum absolute atomic E-state index is 4.66. The van der Waals surface area contributed by atoms with Crippen molar-refractivity contribution in [3.63, 3.8) is 0 Å². The van der Waals surface area contributed by atoms with Gasteiger partial charge in [0.15, 0.2) is 0 Å². The van der Waals surface area contributed by atoms with Gasteiger partial charge >= 0.3 is 0 Å². The van der Waals surface area contributed by atoms with E-state index >= 15 is 0 Å². The van der Waals surface area contributed by atoms with Gasteiger partial charge in [-0.05, 0) is 45.9 Å². The number of H-pyrrole nitrogens is 1. The summed E-state index contributed by atoms with van der Waals surface area (Å²) in [6, 6.07) is 4.44. The number of imidazole rings is 1. The molecule has 0 aliphatic heterocycles. The quantitative estimate of drug-likeness (QED) is 0.870. The third-order valence-corrected chi connectivity index (χ3v) is 3.16. The van der Waals surface area contributed by atoms with Crippen LogP contribution in [-0.4, -0.2) is 17.0 Å². The fraction of sp³-hybridized carbons (Fsp3) is 0.400. The van der Waals surface area contributed by atoms with Crippen molar-refractivity contribution < 1.29 is 0 Å². The van der Waals surface area contributed by atoms with Crippen molar-refractivity contribution in [1.29, 1.82) is 0 Å². The fourth-order valence-corrected chi connectivity index (χ4v) is 2.61. The van der Waals surface area contributed by atoms with Crippen LogP contribution >= 0.6 is 0 Å². The van der Waals surface area contributed by atoms with Crippen LogP contribution in [0.5, 0.6) is 0 Å². The van der Waals surface area contributed by atoms with Gasteiger partial charge in [0.2, 0.25) is 0 Å². The highest BCUT2D eigenvalue weighted by Gasteiger charge is 2.14. The van der Waals surface area contributed by atoms with Crippen LogP contribution in [-0.2, 0) is 6.54 Å². The van der Waals surface area contributed by atoms with E-state index in [-0.39, 0.29) is 0 Å². The van der Waals surface area contributed by atoms with Gasteiger partial charge in [0.25, 0.3) is 0 Å². The molecule has 1 aromatic heterocycles. The second kappa shape index (κ2) is 4.94. The van der Waals surface area contributed by atoms with Crippen molar-refractivity contribution in [3.8, 4) is 11.3 Å². The average Bonchev–Trinajstić information content (AvgIpc) is 2.58. The lowest BCUT2D eigenvalue weighted by Crippen LogP contribution is -2.07. The van der Waals surface area contributed by atoms with Crippen LogP contribution < -0.4 is 5.32 Å². The number of nitrogens with one attached hydrogen (secondary N) is 2. The van der Waals surface area contributed by atoms with Crippen LogP contribution in [0.25, 0.3) is 11.3 Å². The molecule has 0 amide bonds. The molecule has 1 heterocycles. The number of aromatic nitrogens is 2. The lowest BCUT2D eigenvalue weighted by Gasteiger charge is -2.11. The van der Waals surface area contributed by atoms with Gasteiger partial charge in [-0.25, -0.2) is 4.98 Å². The Labute approximate surface area is 109 Å². The maximum atomic E-state index is 4.66. The van der Waals surface area contributed by atoms with Gasteiger partial charge in [-0.3, -0.25) is 0 Å². The maximum Gasteiger partial charge on any atom is 0.103 e. The molecule has 3 nitrogen and oxygen atoms in total. The lowest BCUT2D eigenvalue weighted by atomic mass is 9.96. The molecule has 2 aromatic rings. The molecule has 96 valence electrons. The lowest BCUT2D eigenvalue weighted by molar-refractivity contribution is 0.796. The van der Waals surface area contributed by atoms with E-state index in [1.165, 1.54) is 22.3 Å². The van der Waals surface area contributed by atoms with Gasteiger partial charge in [0, 0.05) is 12.1 Å². The zero-order valence-electron chi connectivity index (χ0n) is 11.8. The van der Waals surface area contributed by atoms with Crippen molar-refractivity contribution in [1.82, 2.24) is 15.3 Å². The Morgan fingerprint density at radius 1 is 1.11 bits per heavy atom. The van der Waals surface area contributed by atoms with E-state index < -0.39 is 0 Å². The topological polar surface area (TPSA) is 40.7 Å². The van der Waals surface area contributed by atoms with Gasteiger partial charge in [0.05, 0.1) is 11.4 Å². The minimum Gasteiger partial charge on any atom is -0.345 e. The number of aryl methyl sites for hydroxylation is 4. The summed E-state index contributed by atoms with van der Waals surface area (Å²) in [6.07, 6.45) is 0. The van der Waals surface area contributed by atoms with E-state index in [1.807, 2.05) is 14.0 Å². The van der Waals surface area contributed by atoms with Crippen LogP contribution in [0, 0.1) is 27.7 Å². The monoisotopic (exact) mass is 243 g/mol. The number of hydrogen-bond acceptors (Lipinski definition) is 2. The Balaban J connectivity index is 2.61. The molecular weight excluding hydrogens is 222 g/mol. The predicted octanol–water partition coefficient (Wildman–Crippen LogP) is 3.03. The molecule has 18 heavy (non-hydrogen) atoms. The molecule has 0 fully saturated rings. The Hall–Kier alpha value is -1.61. The van der Waals surface area contributed by atoms with Crippen LogP contribution in [0.1, 0.15) is 28.2 Å². The van der Waals surface area contributed by atoms with Gasteiger partial charge in [-0.15, -0.1) is 0 Å². The average molecular weight is 243 g/mol. The van der Waals surface area contributed by atoms with Crippen molar-refractivity contribution in [2.24, 2.45) is 0 Å². The summed E-state index contributed by atoms with van der Waals surface area (Å²) in [5.74, 6) is 0.967. The van der Waals surface area contributed by atoms with E-state index in [2.05, 4.69) is 48.2 Å². The van der Waals surface area contributed by atoms with Gasteiger partial charge in [-0.2, -0.15) is 0 Å². The summed E-state index contributed by atoms with van der Waals surface area (Å²) >= 11 is 0. The first kappa shape index (κ1) is 12.8. The minimum absolute atomic E-state index is 0.808. The smallest absolute Gasteiger partial charge is 0.103 e. The van der Waals surface area contributed by atoms with Crippen LogP contribution in [0.15, 0.2) is 12.1 Å². The van der Waals surface area contributed by atoms with Gasteiger partial charge in [0.1, 0.15) is 5.82 Å². The molecule has 0 atom stereocenters. The largest absolute Gasteiger partial charge is 0.345 e. The number of rotatable bonds is 3. The van der Waals surface area contributed by atoms with Gasteiger partial charge in [-0.1, -0.05) is 17.7 Å². The fourth-order valence-electron chi connectivity index (χ4n) is 2.61. The van der Waals surface area contributed by atoms with E-state index in [0.717, 1.165) is 23.8 Å². The SMILES string of the molecule is CNCc1[nH]c(C)nc1-c1c(C)cc(C)cc1C. The normalized spacial score (nSPS) is 10.9. The van der Waals surface area contributed by atoms with Crippen LogP contribution in [0.2, 0.25) is 0 Å². The molecule has 2 rings (SSSR count). The molecule has 0 radical (unpaired) electrons. The highest BCUT2D eigenvalue weighted by Crippen LogP contribution is 2.29. The highest BCUT2D eigenvalue weighted by molar-refractivity contribution is 5.70. The molecule has 0 aliphatic rings. The van der Waals surface area contributed by atoms with Crippen molar-refractivity contribution in [3.05, 3.63) is 40.3 Å².